The summed E-state index contributed by atoms with van der Waals surface area (Å²) >= 11 is 1.13. The predicted octanol–water partition coefficient (Wildman–Crippen LogP) is 2.09. The number of benzene rings is 1. The Kier molecular flexibility index (Phi) is 5.77. The van der Waals surface area contributed by atoms with Crippen molar-refractivity contribution in [3.05, 3.63) is 50.5 Å². The molecule has 2 rings (SSSR count). The molecule has 2 atom stereocenters. The molecule has 130 valence electrons. The average molecular weight is 361 g/mol. The van der Waals surface area contributed by atoms with Crippen LogP contribution in [-0.4, -0.2) is 29.7 Å². The second kappa shape index (κ2) is 7.81. The van der Waals surface area contributed by atoms with Crippen LogP contribution >= 0.6 is 11.8 Å². The smallest absolute Gasteiger partial charge is 0.319 e. The normalized spacial score (nSPS) is 19.8. The molecule has 0 bridgehead atoms. The lowest BCUT2D eigenvalue weighted by atomic mass is 9.78. The van der Waals surface area contributed by atoms with Crippen LogP contribution < -0.4 is 5.32 Å². The van der Waals surface area contributed by atoms with Gasteiger partial charge in [-0.2, -0.15) is 5.26 Å². The van der Waals surface area contributed by atoms with E-state index in [1.807, 2.05) is 6.07 Å². The van der Waals surface area contributed by atoms with Gasteiger partial charge in [0.1, 0.15) is 5.92 Å². The summed E-state index contributed by atoms with van der Waals surface area (Å²) in [5.41, 5.74) is -0.0346. The maximum atomic E-state index is 12.5. The third-order valence-electron chi connectivity index (χ3n) is 3.74. The summed E-state index contributed by atoms with van der Waals surface area (Å²) in [6, 6.07) is 7.75. The number of hydrogen-bond acceptors (Lipinski definition) is 7. The van der Waals surface area contributed by atoms with Crippen LogP contribution in [0.2, 0.25) is 0 Å². The highest BCUT2D eigenvalue weighted by Crippen LogP contribution is 2.42. The third kappa shape index (κ3) is 3.49. The van der Waals surface area contributed by atoms with Crippen LogP contribution in [0.5, 0.6) is 0 Å². The van der Waals surface area contributed by atoms with Gasteiger partial charge in [0, 0.05) is 11.6 Å². The van der Waals surface area contributed by atoms with Crippen LogP contribution in [0.15, 0.2) is 34.9 Å². The molecular weight excluding hydrogens is 346 g/mol. The Morgan fingerprint density at radius 3 is 2.72 bits per heavy atom. The van der Waals surface area contributed by atoms with Crippen molar-refractivity contribution < 1.29 is 19.2 Å². The molecule has 0 saturated carbocycles. The third-order valence-corrected chi connectivity index (χ3v) is 4.47. The molecule has 25 heavy (non-hydrogen) atoms. The molecule has 2 unspecified atom stereocenters. The fourth-order valence-corrected chi connectivity index (χ4v) is 3.32. The van der Waals surface area contributed by atoms with Crippen molar-refractivity contribution >= 4 is 29.3 Å². The largest absolute Gasteiger partial charge is 0.465 e. The number of carbonyl (C=O) groups is 2. The van der Waals surface area contributed by atoms with E-state index < -0.39 is 28.6 Å². The minimum Gasteiger partial charge on any atom is -0.465 e. The van der Waals surface area contributed by atoms with E-state index >= 15 is 0 Å². The number of nitrogens with zero attached hydrogens (tertiary/aromatic N) is 2. The molecule has 0 saturated heterocycles. The molecule has 8 nitrogen and oxygen atoms in total. The Morgan fingerprint density at radius 1 is 1.48 bits per heavy atom. The first-order chi connectivity index (χ1) is 12.0. The predicted molar refractivity (Wildman–Crippen MR) is 90.3 cm³/mol. The van der Waals surface area contributed by atoms with Gasteiger partial charge in [-0.1, -0.05) is 18.2 Å². The monoisotopic (exact) mass is 361 g/mol. The van der Waals surface area contributed by atoms with E-state index in [4.69, 9.17) is 4.74 Å². The Labute approximate surface area is 148 Å². The molecule has 1 aliphatic heterocycles. The van der Waals surface area contributed by atoms with E-state index in [0.717, 1.165) is 11.8 Å². The molecule has 0 fully saturated rings. The van der Waals surface area contributed by atoms with E-state index in [-0.39, 0.29) is 28.5 Å². The number of amides is 1. The standard InChI is InChI=1S/C16H15N3O5S/c1-3-24-16(21)13-12(9-6-4-5-7-11(9)19(22)23)10(8-17)15(25-2)18-14(13)20/h4-7,12-13H,3H2,1-2H3,(H,18,20). The molecule has 0 radical (unpaired) electrons. The highest BCUT2D eigenvalue weighted by molar-refractivity contribution is 8.02. The number of nitro benzene ring substituents is 1. The first-order valence-electron chi connectivity index (χ1n) is 7.35. The second-order valence-corrected chi connectivity index (χ2v) is 5.89. The minimum atomic E-state index is -1.37. The molecule has 0 aliphatic carbocycles. The van der Waals surface area contributed by atoms with E-state index in [2.05, 4.69) is 5.32 Å². The number of nitro groups is 1. The maximum absolute atomic E-state index is 12.5. The van der Waals surface area contributed by atoms with Crippen molar-refractivity contribution in [1.82, 2.24) is 5.32 Å². The van der Waals surface area contributed by atoms with Gasteiger partial charge in [-0.3, -0.25) is 19.7 Å². The minimum absolute atomic E-state index is 0.0488. The number of nitriles is 1. The summed E-state index contributed by atoms with van der Waals surface area (Å²) < 4.78 is 4.96. The summed E-state index contributed by atoms with van der Waals surface area (Å²) in [6.45, 7) is 1.64. The van der Waals surface area contributed by atoms with E-state index in [1.165, 1.54) is 18.2 Å². The van der Waals surface area contributed by atoms with Crippen LogP contribution in [0, 0.1) is 27.4 Å². The molecular formula is C16H15N3O5S. The Balaban J connectivity index is 2.73. The molecule has 1 aromatic carbocycles. The number of para-hydroxylation sites is 1. The molecule has 1 heterocycles. The number of esters is 1. The zero-order valence-corrected chi connectivity index (χ0v) is 14.3. The first-order valence-corrected chi connectivity index (χ1v) is 8.57. The van der Waals surface area contributed by atoms with Crippen LogP contribution in [0.25, 0.3) is 0 Å². The number of carbonyl (C=O) groups excluding carboxylic acids is 2. The fraction of sp³-hybridized carbons (Fsp3) is 0.312. The van der Waals surface area contributed by atoms with Crippen molar-refractivity contribution in [2.24, 2.45) is 5.92 Å². The topological polar surface area (TPSA) is 122 Å². The number of ether oxygens (including phenoxy) is 1. The molecule has 9 heteroatoms. The molecule has 1 N–H and O–H groups in total. The van der Waals surface area contributed by atoms with Gasteiger partial charge in [-0.15, -0.1) is 11.8 Å². The molecule has 1 aliphatic rings. The summed E-state index contributed by atoms with van der Waals surface area (Å²) in [5, 5.41) is 23.7. The van der Waals surface area contributed by atoms with Gasteiger partial charge in [-0.05, 0) is 13.2 Å². The lowest BCUT2D eigenvalue weighted by molar-refractivity contribution is -0.385. The van der Waals surface area contributed by atoms with Crippen molar-refractivity contribution in [2.45, 2.75) is 12.8 Å². The number of rotatable bonds is 5. The molecule has 0 aromatic heterocycles. The van der Waals surface area contributed by atoms with Crippen molar-refractivity contribution in [1.29, 1.82) is 5.26 Å². The second-order valence-electron chi connectivity index (χ2n) is 5.07. The lowest BCUT2D eigenvalue weighted by Crippen LogP contribution is -2.44. The number of hydrogen-bond donors (Lipinski definition) is 1. The zero-order chi connectivity index (χ0) is 18.6. The SMILES string of the molecule is CCOC(=O)C1C(=O)NC(SC)=C(C#N)C1c1ccccc1[N+](=O)[O-]. The maximum Gasteiger partial charge on any atom is 0.319 e. The summed E-state index contributed by atoms with van der Waals surface area (Å²) in [7, 11) is 0. The highest BCUT2D eigenvalue weighted by Gasteiger charge is 2.46. The summed E-state index contributed by atoms with van der Waals surface area (Å²) in [5.74, 6) is -3.92. The van der Waals surface area contributed by atoms with Gasteiger partial charge >= 0.3 is 5.97 Å². The van der Waals surface area contributed by atoms with Gasteiger partial charge < -0.3 is 10.1 Å². The quantitative estimate of drug-likeness (QED) is 0.369. The van der Waals surface area contributed by atoms with Gasteiger partial charge in [0.15, 0.2) is 0 Å². The van der Waals surface area contributed by atoms with Crippen LogP contribution in [0.4, 0.5) is 5.69 Å². The summed E-state index contributed by atoms with van der Waals surface area (Å²) in [6.07, 6.45) is 1.66. The Hall–Kier alpha value is -2.86. The Morgan fingerprint density at radius 2 is 2.16 bits per heavy atom. The molecule has 1 amide bonds. The van der Waals surface area contributed by atoms with E-state index in [0.29, 0.717) is 0 Å². The molecule has 0 spiro atoms. The first kappa shape index (κ1) is 18.5. The van der Waals surface area contributed by atoms with Crippen molar-refractivity contribution in [2.75, 3.05) is 12.9 Å². The summed E-state index contributed by atoms with van der Waals surface area (Å²) in [4.78, 5) is 35.6. The Bertz CT molecular complexity index is 799. The van der Waals surface area contributed by atoms with Crippen LogP contribution in [0.1, 0.15) is 18.4 Å². The van der Waals surface area contributed by atoms with Crippen LogP contribution in [-0.2, 0) is 14.3 Å². The van der Waals surface area contributed by atoms with Crippen LogP contribution in [0.3, 0.4) is 0 Å². The number of allylic oxidation sites excluding steroid dienone is 1. The van der Waals surface area contributed by atoms with Gasteiger partial charge in [-0.25, -0.2) is 0 Å². The van der Waals surface area contributed by atoms with Crippen molar-refractivity contribution in [3.8, 4) is 6.07 Å². The van der Waals surface area contributed by atoms with Gasteiger partial charge in [0.05, 0.1) is 34.1 Å². The van der Waals surface area contributed by atoms with Gasteiger partial charge in [0.2, 0.25) is 5.91 Å². The average Bonchev–Trinajstić information content (AvgIpc) is 2.60. The lowest BCUT2D eigenvalue weighted by Gasteiger charge is -2.30. The number of thioether (sulfide) groups is 1. The van der Waals surface area contributed by atoms with Crippen molar-refractivity contribution in [3.63, 3.8) is 0 Å². The fourth-order valence-electron chi connectivity index (χ4n) is 2.72. The highest BCUT2D eigenvalue weighted by atomic mass is 32.2. The zero-order valence-electron chi connectivity index (χ0n) is 13.5. The molecule has 1 aromatic rings. The van der Waals surface area contributed by atoms with Gasteiger partial charge in [0.25, 0.3) is 5.69 Å². The van der Waals surface area contributed by atoms with E-state index in [9.17, 15) is 25.0 Å². The van der Waals surface area contributed by atoms with E-state index in [1.54, 1.807) is 19.2 Å². The number of nitrogens with one attached hydrogen (secondary N) is 1.